The van der Waals surface area contributed by atoms with E-state index in [9.17, 15) is 0 Å². The summed E-state index contributed by atoms with van der Waals surface area (Å²) in [5.41, 5.74) is 2.65. The van der Waals surface area contributed by atoms with Crippen molar-refractivity contribution in [2.45, 2.75) is 6.54 Å². The van der Waals surface area contributed by atoms with Gasteiger partial charge in [0.15, 0.2) is 0 Å². The van der Waals surface area contributed by atoms with Crippen LogP contribution in [0, 0.1) is 0 Å². The van der Waals surface area contributed by atoms with Crippen LogP contribution in [0.5, 0.6) is 0 Å². The molecule has 2 aromatic rings. The van der Waals surface area contributed by atoms with Crippen molar-refractivity contribution in [3.63, 3.8) is 0 Å². The zero-order chi connectivity index (χ0) is 9.64. The van der Waals surface area contributed by atoms with Crippen LogP contribution < -0.4 is 5.32 Å². The summed E-state index contributed by atoms with van der Waals surface area (Å²) in [6, 6.07) is 20.9. The summed E-state index contributed by atoms with van der Waals surface area (Å²) in [5, 5.41) is 2.25. The van der Waals surface area contributed by atoms with Crippen LogP contribution in [0.2, 0.25) is 0 Å². The summed E-state index contributed by atoms with van der Waals surface area (Å²) < 4.78 is 0. The second-order valence-electron chi connectivity index (χ2n) is 3.30. The van der Waals surface area contributed by atoms with Gasteiger partial charge in [-0.3, -0.25) is 0 Å². The summed E-state index contributed by atoms with van der Waals surface area (Å²) in [5.74, 6) is 0. The topological polar surface area (TPSA) is 16.6 Å². The van der Waals surface area contributed by atoms with E-state index in [1.807, 2.05) is 12.1 Å². The first-order chi connectivity index (χ1) is 6.95. The molecule has 0 amide bonds. The number of quaternary nitrogens is 1. The molecule has 0 aliphatic carbocycles. The maximum Gasteiger partial charge on any atom is 0.129 e. The molecule has 0 unspecified atom stereocenters. The minimum Gasteiger partial charge on any atom is -0.310 e. The average molecular weight is 184 g/mol. The Labute approximate surface area is 84.4 Å². The molecule has 0 aromatic heterocycles. The molecule has 0 atom stereocenters. The fourth-order valence-electron chi connectivity index (χ4n) is 1.44. The van der Waals surface area contributed by atoms with Crippen molar-refractivity contribution in [2.24, 2.45) is 0 Å². The quantitative estimate of drug-likeness (QED) is 0.703. The van der Waals surface area contributed by atoms with Crippen LogP contribution >= 0.6 is 0 Å². The lowest BCUT2D eigenvalue weighted by Gasteiger charge is -2.00. The Morgan fingerprint density at radius 2 is 1.29 bits per heavy atom. The van der Waals surface area contributed by atoms with Crippen molar-refractivity contribution in [1.82, 2.24) is 0 Å². The van der Waals surface area contributed by atoms with E-state index in [0.717, 1.165) is 6.54 Å². The molecule has 2 aromatic carbocycles. The SMILES string of the molecule is c1ccc(C[NH2+]c2ccccc2)cc1. The summed E-state index contributed by atoms with van der Waals surface area (Å²) in [7, 11) is 0. The van der Waals surface area contributed by atoms with Crippen molar-refractivity contribution in [1.29, 1.82) is 0 Å². The van der Waals surface area contributed by atoms with Gasteiger partial charge in [-0.2, -0.15) is 0 Å². The van der Waals surface area contributed by atoms with Gasteiger partial charge in [0.25, 0.3) is 0 Å². The maximum atomic E-state index is 2.25. The zero-order valence-corrected chi connectivity index (χ0v) is 8.06. The Morgan fingerprint density at radius 3 is 1.93 bits per heavy atom. The van der Waals surface area contributed by atoms with Gasteiger partial charge in [0.1, 0.15) is 12.2 Å². The average Bonchev–Trinajstić information content (AvgIpc) is 2.29. The summed E-state index contributed by atoms with van der Waals surface area (Å²) >= 11 is 0. The van der Waals surface area contributed by atoms with E-state index in [4.69, 9.17) is 0 Å². The van der Waals surface area contributed by atoms with Crippen LogP contribution in [-0.2, 0) is 6.54 Å². The highest BCUT2D eigenvalue weighted by Crippen LogP contribution is 1.99. The Bertz CT molecular complexity index is 327. The number of rotatable bonds is 3. The Morgan fingerprint density at radius 1 is 0.714 bits per heavy atom. The van der Waals surface area contributed by atoms with Crippen LogP contribution in [-0.4, -0.2) is 0 Å². The minimum atomic E-state index is 1.00. The molecule has 1 nitrogen and oxygen atoms in total. The van der Waals surface area contributed by atoms with Crippen molar-refractivity contribution in [2.75, 3.05) is 0 Å². The first kappa shape index (κ1) is 8.97. The Kier molecular flexibility index (Phi) is 2.94. The van der Waals surface area contributed by atoms with Crippen molar-refractivity contribution in [3.8, 4) is 0 Å². The molecule has 0 aliphatic heterocycles. The molecule has 2 N–H and O–H groups in total. The van der Waals surface area contributed by atoms with Crippen LogP contribution in [0.3, 0.4) is 0 Å². The molecule has 0 fully saturated rings. The molecule has 14 heavy (non-hydrogen) atoms. The lowest BCUT2D eigenvalue weighted by Crippen LogP contribution is -2.76. The van der Waals surface area contributed by atoms with Gasteiger partial charge in [-0.05, 0) is 12.1 Å². The normalized spacial score (nSPS) is 10.0. The first-order valence-electron chi connectivity index (χ1n) is 4.87. The smallest absolute Gasteiger partial charge is 0.129 e. The van der Waals surface area contributed by atoms with Crippen LogP contribution in [0.4, 0.5) is 5.69 Å². The molecular weight excluding hydrogens is 170 g/mol. The van der Waals surface area contributed by atoms with Gasteiger partial charge in [0.05, 0.1) is 0 Å². The van der Waals surface area contributed by atoms with Gasteiger partial charge in [-0.1, -0.05) is 48.5 Å². The summed E-state index contributed by atoms with van der Waals surface area (Å²) in [6.45, 7) is 1.00. The molecule has 0 saturated heterocycles. The van der Waals surface area contributed by atoms with E-state index in [-0.39, 0.29) is 0 Å². The molecular formula is C13H14N+. The van der Waals surface area contributed by atoms with Gasteiger partial charge in [-0.15, -0.1) is 0 Å². The van der Waals surface area contributed by atoms with E-state index >= 15 is 0 Å². The first-order valence-corrected chi connectivity index (χ1v) is 4.87. The number of para-hydroxylation sites is 1. The largest absolute Gasteiger partial charge is 0.310 e. The van der Waals surface area contributed by atoms with Gasteiger partial charge in [0, 0.05) is 5.56 Å². The lowest BCUT2D eigenvalue weighted by molar-refractivity contribution is -0.588. The highest BCUT2D eigenvalue weighted by atomic mass is 14.9. The molecule has 0 saturated carbocycles. The number of hydrogen-bond donors (Lipinski definition) is 1. The molecule has 0 spiro atoms. The molecule has 70 valence electrons. The number of hydrogen-bond acceptors (Lipinski definition) is 0. The predicted molar refractivity (Wildman–Crippen MR) is 58.2 cm³/mol. The third-order valence-corrected chi connectivity index (χ3v) is 2.22. The van der Waals surface area contributed by atoms with Gasteiger partial charge >= 0.3 is 0 Å². The highest BCUT2D eigenvalue weighted by Gasteiger charge is 1.95. The van der Waals surface area contributed by atoms with Gasteiger partial charge < -0.3 is 5.32 Å². The number of benzene rings is 2. The fourth-order valence-corrected chi connectivity index (χ4v) is 1.44. The standard InChI is InChI=1S/C13H13N/c1-3-7-12(8-4-1)11-14-13-9-5-2-6-10-13/h1-10,14H,11H2/p+1. The van der Waals surface area contributed by atoms with E-state index in [1.54, 1.807) is 0 Å². The van der Waals surface area contributed by atoms with Crippen molar-refractivity contribution < 1.29 is 5.32 Å². The van der Waals surface area contributed by atoms with E-state index in [0.29, 0.717) is 0 Å². The third kappa shape index (κ3) is 2.44. The second kappa shape index (κ2) is 4.58. The lowest BCUT2D eigenvalue weighted by atomic mass is 10.2. The van der Waals surface area contributed by atoms with Crippen LogP contribution in [0.25, 0.3) is 0 Å². The monoisotopic (exact) mass is 184 g/mol. The minimum absolute atomic E-state index is 1.00. The van der Waals surface area contributed by atoms with Crippen LogP contribution in [0.1, 0.15) is 5.56 Å². The molecule has 2 rings (SSSR count). The molecule has 1 heteroatoms. The fraction of sp³-hybridized carbons (Fsp3) is 0.0769. The molecule has 0 aliphatic rings. The van der Waals surface area contributed by atoms with E-state index < -0.39 is 0 Å². The van der Waals surface area contributed by atoms with Gasteiger partial charge in [-0.25, -0.2) is 0 Å². The van der Waals surface area contributed by atoms with Gasteiger partial charge in [0.2, 0.25) is 0 Å². The van der Waals surface area contributed by atoms with Crippen molar-refractivity contribution in [3.05, 3.63) is 66.2 Å². The molecule has 0 bridgehead atoms. The zero-order valence-electron chi connectivity index (χ0n) is 8.06. The maximum absolute atomic E-state index is 2.25. The predicted octanol–water partition coefficient (Wildman–Crippen LogP) is 2.08. The Hall–Kier alpha value is -1.60. The van der Waals surface area contributed by atoms with E-state index in [2.05, 4.69) is 53.8 Å². The molecule has 0 heterocycles. The van der Waals surface area contributed by atoms with Crippen LogP contribution in [0.15, 0.2) is 60.7 Å². The number of nitrogens with two attached hydrogens (primary N) is 1. The summed E-state index contributed by atoms with van der Waals surface area (Å²) in [6.07, 6.45) is 0. The second-order valence-corrected chi connectivity index (χ2v) is 3.30. The van der Waals surface area contributed by atoms with E-state index in [1.165, 1.54) is 11.3 Å². The Balaban J connectivity index is 1.96. The summed E-state index contributed by atoms with van der Waals surface area (Å²) in [4.78, 5) is 0. The van der Waals surface area contributed by atoms with Crippen molar-refractivity contribution >= 4 is 5.69 Å². The highest BCUT2D eigenvalue weighted by molar-refractivity contribution is 5.27. The molecule has 0 radical (unpaired) electrons. The third-order valence-electron chi connectivity index (χ3n) is 2.22.